The van der Waals surface area contributed by atoms with Crippen LogP contribution in [0.1, 0.15) is 11.1 Å². The van der Waals surface area contributed by atoms with Crippen LogP contribution in [0.3, 0.4) is 0 Å². The van der Waals surface area contributed by atoms with Crippen molar-refractivity contribution in [2.24, 2.45) is 4.99 Å². The van der Waals surface area contributed by atoms with E-state index < -0.39 is 11.7 Å². The van der Waals surface area contributed by atoms with Crippen molar-refractivity contribution in [3.05, 3.63) is 64.6 Å². The van der Waals surface area contributed by atoms with Gasteiger partial charge in [0, 0.05) is 6.07 Å². The van der Waals surface area contributed by atoms with Crippen LogP contribution in [0.15, 0.2) is 58.4 Å². The number of halogens is 3. The van der Waals surface area contributed by atoms with Crippen LogP contribution < -0.4 is 10.0 Å². The lowest BCUT2D eigenvalue weighted by Gasteiger charge is -2.32. The Bertz CT molecular complexity index is 1030. The molecule has 9 heteroatoms. The number of quaternary nitrogens is 1. The fourth-order valence-corrected chi connectivity index (χ4v) is 4.40. The standard InChI is InChI=1S/C21H18F3N3O2S/c22-21(23,24)15-5-3-6-16(13-15)26-8-10-27(11-9-26)20-25-19(29)18(30-20)12-14-4-1-2-7-17(14)28/h1-7,12-13,28H,8-11H2. The molecule has 1 fully saturated rings. The number of thioether (sulfide) groups is 1. The molecule has 2 aliphatic rings. The number of alkyl halides is 3. The number of nitrogens with zero attached hydrogens (tertiary/aromatic N) is 2. The monoisotopic (exact) mass is 433 g/mol. The Balaban J connectivity index is 1.41. The topological polar surface area (TPSA) is 60.2 Å². The summed E-state index contributed by atoms with van der Waals surface area (Å²) in [5.41, 5.74) is 0.391. The van der Waals surface area contributed by atoms with Crippen LogP contribution in [-0.2, 0) is 11.0 Å². The second kappa shape index (κ2) is 8.16. The first-order valence-electron chi connectivity index (χ1n) is 9.37. The summed E-state index contributed by atoms with van der Waals surface area (Å²) in [6.45, 7) is 2.32. The molecule has 5 nitrogen and oxygen atoms in total. The van der Waals surface area contributed by atoms with Gasteiger partial charge in [0.15, 0.2) is 5.17 Å². The molecule has 2 aliphatic heterocycles. The predicted octanol–water partition coefficient (Wildman–Crippen LogP) is 2.28. The van der Waals surface area contributed by atoms with Gasteiger partial charge >= 0.3 is 6.18 Å². The van der Waals surface area contributed by atoms with Crippen molar-refractivity contribution in [3.63, 3.8) is 0 Å². The Morgan fingerprint density at radius 2 is 1.83 bits per heavy atom. The SMILES string of the molecule is O=C1N=C(N2CC[NH+](c3cccc(C(F)(F)F)c3)CC2)SC1=Cc1ccccc1[O-]. The van der Waals surface area contributed by atoms with Gasteiger partial charge < -0.3 is 10.0 Å². The number of nitrogens with one attached hydrogen (secondary N) is 1. The highest BCUT2D eigenvalue weighted by atomic mass is 32.2. The molecule has 2 heterocycles. The Morgan fingerprint density at radius 1 is 1.10 bits per heavy atom. The van der Waals surface area contributed by atoms with Gasteiger partial charge in [-0.2, -0.15) is 18.2 Å². The lowest BCUT2D eigenvalue weighted by Crippen LogP contribution is -3.10. The van der Waals surface area contributed by atoms with Gasteiger partial charge in [0.25, 0.3) is 5.91 Å². The molecule has 1 N–H and O–H groups in total. The van der Waals surface area contributed by atoms with Gasteiger partial charge in [-0.1, -0.05) is 30.3 Å². The molecule has 0 aromatic heterocycles. The van der Waals surface area contributed by atoms with Gasteiger partial charge in [0.2, 0.25) is 0 Å². The van der Waals surface area contributed by atoms with Crippen LogP contribution in [0.25, 0.3) is 6.08 Å². The van der Waals surface area contributed by atoms with Gasteiger partial charge in [-0.3, -0.25) is 9.69 Å². The number of aliphatic imine (C=N–C) groups is 1. The number of carbonyl (C=O) groups excluding carboxylic acids is 1. The van der Waals surface area contributed by atoms with Crippen LogP contribution in [-0.4, -0.2) is 42.2 Å². The number of carbonyl (C=O) groups is 1. The minimum absolute atomic E-state index is 0.162. The van der Waals surface area contributed by atoms with E-state index in [1.165, 1.54) is 30.0 Å². The number of piperazine rings is 1. The third-order valence-corrected chi connectivity index (χ3v) is 6.09. The van der Waals surface area contributed by atoms with Crippen molar-refractivity contribution in [1.29, 1.82) is 0 Å². The fourth-order valence-electron chi connectivity index (χ4n) is 3.45. The zero-order valence-corrected chi connectivity index (χ0v) is 16.6. The molecule has 0 unspecified atom stereocenters. The van der Waals surface area contributed by atoms with Crippen molar-refractivity contribution < 1.29 is 28.0 Å². The van der Waals surface area contributed by atoms with Crippen LogP contribution in [0.4, 0.5) is 18.9 Å². The summed E-state index contributed by atoms with van der Waals surface area (Å²) >= 11 is 1.22. The summed E-state index contributed by atoms with van der Waals surface area (Å²) in [6, 6.07) is 11.9. The molecule has 2 aromatic carbocycles. The third kappa shape index (κ3) is 4.36. The first-order valence-corrected chi connectivity index (χ1v) is 10.2. The molecule has 0 radical (unpaired) electrons. The molecule has 4 rings (SSSR count). The maximum Gasteiger partial charge on any atom is 0.416 e. The number of amides is 1. The zero-order valence-electron chi connectivity index (χ0n) is 15.8. The van der Waals surface area contributed by atoms with Crippen molar-refractivity contribution in [2.45, 2.75) is 6.18 Å². The van der Waals surface area contributed by atoms with Crippen LogP contribution >= 0.6 is 11.8 Å². The number of amidine groups is 1. The summed E-state index contributed by atoms with van der Waals surface area (Å²) < 4.78 is 38.9. The first-order chi connectivity index (χ1) is 14.3. The summed E-state index contributed by atoms with van der Waals surface area (Å²) in [5.74, 6) is -0.545. The molecule has 0 spiro atoms. The number of rotatable bonds is 2. The van der Waals surface area contributed by atoms with E-state index in [2.05, 4.69) is 4.99 Å². The summed E-state index contributed by atoms with van der Waals surface area (Å²) in [6.07, 6.45) is -2.81. The normalized spacial score (nSPS) is 19.4. The Hall–Kier alpha value is -2.78. The molecular formula is C21H18F3N3O2S. The van der Waals surface area contributed by atoms with E-state index in [4.69, 9.17) is 0 Å². The highest BCUT2D eigenvalue weighted by molar-refractivity contribution is 8.18. The minimum Gasteiger partial charge on any atom is -0.872 e. The average molecular weight is 433 g/mol. The molecular weight excluding hydrogens is 415 g/mol. The van der Waals surface area contributed by atoms with E-state index in [1.807, 2.05) is 4.90 Å². The quantitative estimate of drug-likeness (QED) is 0.739. The molecule has 2 aromatic rings. The Kier molecular flexibility index (Phi) is 5.57. The third-order valence-electron chi connectivity index (χ3n) is 5.05. The van der Waals surface area contributed by atoms with Crippen LogP contribution in [0.2, 0.25) is 0 Å². The summed E-state index contributed by atoms with van der Waals surface area (Å²) in [4.78, 5) is 19.7. The molecule has 0 saturated carbocycles. The molecule has 0 aliphatic carbocycles. The van der Waals surface area contributed by atoms with Gasteiger partial charge in [0.1, 0.15) is 5.69 Å². The molecule has 156 valence electrons. The zero-order chi connectivity index (χ0) is 21.3. The molecule has 0 bridgehead atoms. The number of benzene rings is 2. The minimum atomic E-state index is -4.36. The second-order valence-electron chi connectivity index (χ2n) is 7.02. The van der Waals surface area contributed by atoms with E-state index in [0.29, 0.717) is 47.5 Å². The second-order valence-corrected chi connectivity index (χ2v) is 8.03. The molecule has 1 saturated heterocycles. The fraction of sp³-hybridized carbons (Fsp3) is 0.238. The average Bonchev–Trinajstić information content (AvgIpc) is 3.10. The Morgan fingerprint density at radius 3 is 2.53 bits per heavy atom. The largest absolute Gasteiger partial charge is 0.872 e. The molecule has 1 amide bonds. The highest BCUT2D eigenvalue weighted by Crippen LogP contribution is 2.32. The van der Waals surface area contributed by atoms with Crippen molar-refractivity contribution >= 4 is 34.6 Å². The first kappa shape index (κ1) is 20.5. The lowest BCUT2D eigenvalue weighted by molar-refractivity contribution is -0.837. The number of hydrogen-bond donors (Lipinski definition) is 1. The lowest BCUT2D eigenvalue weighted by atomic mass is 10.1. The van der Waals surface area contributed by atoms with E-state index >= 15 is 0 Å². The summed E-state index contributed by atoms with van der Waals surface area (Å²) in [5, 5.41) is 12.4. The predicted molar refractivity (Wildman–Crippen MR) is 107 cm³/mol. The van der Waals surface area contributed by atoms with Crippen molar-refractivity contribution in [2.75, 3.05) is 26.2 Å². The van der Waals surface area contributed by atoms with Crippen molar-refractivity contribution in [1.82, 2.24) is 4.90 Å². The number of hydrogen-bond acceptors (Lipinski definition) is 4. The van der Waals surface area contributed by atoms with E-state index in [0.717, 1.165) is 11.0 Å². The summed E-state index contributed by atoms with van der Waals surface area (Å²) in [7, 11) is 0. The van der Waals surface area contributed by atoms with Gasteiger partial charge in [-0.25, -0.2) is 0 Å². The highest BCUT2D eigenvalue weighted by Gasteiger charge is 2.33. The van der Waals surface area contributed by atoms with Crippen LogP contribution in [0, 0.1) is 0 Å². The maximum absolute atomic E-state index is 13.0. The Labute approximate surface area is 175 Å². The number of para-hydroxylation sites is 1. The maximum atomic E-state index is 13.0. The van der Waals surface area contributed by atoms with Gasteiger partial charge in [-0.15, -0.1) is 5.75 Å². The van der Waals surface area contributed by atoms with Crippen molar-refractivity contribution in [3.8, 4) is 5.75 Å². The van der Waals surface area contributed by atoms with Crippen LogP contribution in [0.5, 0.6) is 5.75 Å². The molecule has 0 atom stereocenters. The van der Waals surface area contributed by atoms with E-state index in [-0.39, 0.29) is 11.7 Å². The van der Waals surface area contributed by atoms with E-state index in [9.17, 15) is 23.1 Å². The van der Waals surface area contributed by atoms with Gasteiger partial charge in [-0.05, 0) is 35.5 Å². The molecule has 30 heavy (non-hydrogen) atoms. The van der Waals surface area contributed by atoms with Gasteiger partial charge in [0.05, 0.1) is 36.6 Å². The van der Waals surface area contributed by atoms with E-state index in [1.54, 1.807) is 30.3 Å². The smallest absolute Gasteiger partial charge is 0.416 e.